The topological polar surface area (TPSA) is 80.8 Å². The van der Waals surface area contributed by atoms with Gasteiger partial charge in [0.05, 0.1) is 23.5 Å². The Labute approximate surface area is 131 Å². The number of hydrogen-bond donors (Lipinski definition) is 0. The molecule has 0 spiro atoms. The summed E-state index contributed by atoms with van der Waals surface area (Å²) in [5.41, 5.74) is 0. The average molecular weight is 345 g/mol. The van der Waals surface area contributed by atoms with E-state index in [1.165, 1.54) is 23.5 Å². The molecule has 1 saturated heterocycles. The van der Waals surface area contributed by atoms with Crippen molar-refractivity contribution in [3.05, 3.63) is 24.3 Å². The Morgan fingerprint density at radius 3 is 2.18 bits per heavy atom. The quantitative estimate of drug-likeness (QED) is 0.796. The number of sulfone groups is 1. The number of rotatable bonds is 5. The van der Waals surface area contributed by atoms with Gasteiger partial charge in [-0.3, -0.25) is 0 Å². The van der Waals surface area contributed by atoms with E-state index < -0.39 is 25.9 Å². The first-order chi connectivity index (χ1) is 10.3. The monoisotopic (exact) mass is 345 g/mol. The lowest BCUT2D eigenvalue weighted by molar-refractivity contribution is 0.332. The molecule has 1 heterocycles. The Kier molecular flexibility index (Phi) is 3.94. The molecular weight excluding hydrogens is 326 g/mol. The van der Waals surface area contributed by atoms with E-state index in [1.807, 2.05) is 0 Å². The Morgan fingerprint density at radius 1 is 1.09 bits per heavy atom. The van der Waals surface area contributed by atoms with Crippen LogP contribution in [-0.4, -0.2) is 51.8 Å². The van der Waals surface area contributed by atoms with Crippen molar-refractivity contribution in [1.82, 2.24) is 4.31 Å². The Balaban J connectivity index is 1.93. The van der Waals surface area contributed by atoms with Crippen molar-refractivity contribution in [3.8, 4) is 5.75 Å². The van der Waals surface area contributed by atoms with Crippen LogP contribution in [0.4, 0.5) is 0 Å². The minimum Gasteiger partial charge on any atom is -0.497 e. The lowest BCUT2D eigenvalue weighted by Gasteiger charge is -2.27. The maximum Gasteiger partial charge on any atom is 0.243 e. The Morgan fingerprint density at radius 2 is 1.73 bits per heavy atom. The molecule has 1 aromatic carbocycles. The largest absolute Gasteiger partial charge is 0.497 e. The van der Waals surface area contributed by atoms with E-state index in [9.17, 15) is 16.8 Å². The molecule has 8 heteroatoms. The van der Waals surface area contributed by atoms with E-state index in [0.717, 1.165) is 12.8 Å². The summed E-state index contributed by atoms with van der Waals surface area (Å²) in [6.07, 6.45) is 1.98. The van der Waals surface area contributed by atoms with Crippen molar-refractivity contribution in [2.45, 2.75) is 36.2 Å². The van der Waals surface area contributed by atoms with Gasteiger partial charge in [0.2, 0.25) is 10.0 Å². The summed E-state index contributed by atoms with van der Waals surface area (Å²) in [7, 11) is -5.29. The van der Waals surface area contributed by atoms with Crippen molar-refractivity contribution in [2.24, 2.45) is 0 Å². The number of sulfonamides is 1. The molecule has 1 aromatic rings. The molecule has 0 amide bonds. The van der Waals surface area contributed by atoms with Crippen molar-refractivity contribution < 1.29 is 21.6 Å². The Hall–Kier alpha value is -1.12. The smallest absolute Gasteiger partial charge is 0.243 e. The predicted octanol–water partition coefficient (Wildman–Crippen LogP) is 1.04. The average Bonchev–Trinajstić information content (AvgIpc) is 3.23. The van der Waals surface area contributed by atoms with Crippen molar-refractivity contribution >= 4 is 19.9 Å². The first-order valence-electron chi connectivity index (χ1n) is 7.21. The lowest BCUT2D eigenvalue weighted by atomic mass is 10.2. The van der Waals surface area contributed by atoms with Crippen LogP contribution < -0.4 is 4.74 Å². The summed E-state index contributed by atoms with van der Waals surface area (Å²) in [6.45, 7) is 0. The second-order valence-corrected chi connectivity index (χ2v) is 9.87. The van der Waals surface area contributed by atoms with Gasteiger partial charge in [-0.15, -0.1) is 0 Å². The molecule has 1 aliphatic carbocycles. The van der Waals surface area contributed by atoms with Gasteiger partial charge in [0.15, 0.2) is 9.84 Å². The SMILES string of the molecule is COc1ccc(S(=O)(=O)N(C2CC2)[C@@H]2CCS(=O)(=O)C2)cc1. The third kappa shape index (κ3) is 3.00. The zero-order chi connectivity index (χ0) is 16.0. The van der Waals surface area contributed by atoms with Gasteiger partial charge in [0.1, 0.15) is 5.75 Å². The van der Waals surface area contributed by atoms with Crippen LogP contribution in [0.1, 0.15) is 19.3 Å². The summed E-state index contributed by atoms with van der Waals surface area (Å²) in [6, 6.07) is 5.71. The van der Waals surface area contributed by atoms with E-state index in [1.54, 1.807) is 12.1 Å². The van der Waals surface area contributed by atoms with Gasteiger partial charge < -0.3 is 4.74 Å². The number of ether oxygens (including phenoxy) is 1. The predicted molar refractivity (Wildman–Crippen MR) is 82.1 cm³/mol. The van der Waals surface area contributed by atoms with E-state index in [-0.39, 0.29) is 22.4 Å². The number of methoxy groups -OCH3 is 1. The van der Waals surface area contributed by atoms with Crippen LogP contribution in [0.25, 0.3) is 0 Å². The highest BCUT2D eigenvalue weighted by atomic mass is 32.2. The first-order valence-corrected chi connectivity index (χ1v) is 10.5. The third-order valence-corrected chi connectivity index (χ3v) is 7.88. The van der Waals surface area contributed by atoms with Crippen LogP contribution >= 0.6 is 0 Å². The fourth-order valence-electron chi connectivity index (χ4n) is 2.87. The molecule has 2 fully saturated rings. The van der Waals surface area contributed by atoms with Crippen molar-refractivity contribution in [1.29, 1.82) is 0 Å². The van der Waals surface area contributed by atoms with Gasteiger partial charge in [-0.25, -0.2) is 16.8 Å². The second-order valence-electron chi connectivity index (χ2n) is 5.80. The molecule has 6 nitrogen and oxygen atoms in total. The zero-order valence-corrected chi connectivity index (χ0v) is 13.9. The maximum absolute atomic E-state index is 12.9. The molecule has 0 bridgehead atoms. The highest BCUT2D eigenvalue weighted by molar-refractivity contribution is 7.92. The normalized spacial score (nSPS) is 24.5. The molecule has 0 unspecified atom stereocenters. The molecule has 2 aliphatic rings. The van der Waals surface area contributed by atoms with Gasteiger partial charge in [-0.1, -0.05) is 0 Å². The standard InChI is InChI=1S/C14H19NO5S2/c1-20-13-4-6-14(7-5-13)22(18,19)15(11-2-3-11)12-8-9-21(16,17)10-12/h4-7,11-12H,2-3,8-10H2,1H3/t12-/m1/s1. The molecule has 1 saturated carbocycles. The first kappa shape index (κ1) is 15.8. The molecule has 1 atom stereocenters. The van der Waals surface area contributed by atoms with Crippen LogP contribution in [0.2, 0.25) is 0 Å². The fourth-order valence-corrected chi connectivity index (χ4v) is 6.57. The van der Waals surface area contributed by atoms with Crippen molar-refractivity contribution in [2.75, 3.05) is 18.6 Å². The van der Waals surface area contributed by atoms with Crippen LogP contribution in [-0.2, 0) is 19.9 Å². The van der Waals surface area contributed by atoms with E-state index in [4.69, 9.17) is 4.74 Å². The zero-order valence-electron chi connectivity index (χ0n) is 12.3. The van der Waals surface area contributed by atoms with Crippen LogP contribution in [0.3, 0.4) is 0 Å². The van der Waals surface area contributed by atoms with Crippen LogP contribution in [0, 0.1) is 0 Å². The summed E-state index contributed by atoms with van der Waals surface area (Å²) < 4.78 is 55.7. The minimum atomic E-state index is -3.68. The third-order valence-electron chi connectivity index (χ3n) is 4.11. The summed E-state index contributed by atoms with van der Waals surface area (Å²) in [5, 5.41) is 0. The number of nitrogens with zero attached hydrogens (tertiary/aromatic N) is 1. The maximum atomic E-state index is 12.9. The highest BCUT2D eigenvalue weighted by Gasteiger charge is 2.46. The van der Waals surface area contributed by atoms with Crippen LogP contribution in [0.15, 0.2) is 29.2 Å². The van der Waals surface area contributed by atoms with Gasteiger partial charge >= 0.3 is 0 Å². The summed E-state index contributed by atoms with van der Waals surface area (Å²) >= 11 is 0. The molecule has 0 aromatic heterocycles. The number of hydrogen-bond acceptors (Lipinski definition) is 5. The summed E-state index contributed by atoms with van der Waals surface area (Å²) in [4.78, 5) is 0.185. The van der Waals surface area contributed by atoms with Gasteiger partial charge in [0, 0.05) is 12.1 Å². The minimum absolute atomic E-state index is 0.0644. The second kappa shape index (κ2) is 5.50. The van der Waals surface area contributed by atoms with Gasteiger partial charge in [-0.2, -0.15) is 4.31 Å². The number of benzene rings is 1. The van der Waals surface area contributed by atoms with E-state index in [2.05, 4.69) is 0 Å². The molecule has 3 rings (SSSR count). The molecule has 22 heavy (non-hydrogen) atoms. The molecule has 0 N–H and O–H groups in total. The summed E-state index contributed by atoms with van der Waals surface area (Å²) in [5.74, 6) is 0.582. The molecule has 122 valence electrons. The molecule has 0 radical (unpaired) electrons. The van der Waals surface area contributed by atoms with Gasteiger partial charge in [0.25, 0.3) is 0 Å². The van der Waals surface area contributed by atoms with Crippen molar-refractivity contribution in [3.63, 3.8) is 0 Å². The molecule has 1 aliphatic heterocycles. The van der Waals surface area contributed by atoms with Crippen LogP contribution in [0.5, 0.6) is 5.75 Å². The fraction of sp³-hybridized carbons (Fsp3) is 0.571. The lowest BCUT2D eigenvalue weighted by Crippen LogP contribution is -2.42. The van der Waals surface area contributed by atoms with Gasteiger partial charge in [-0.05, 0) is 43.5 Å². The molecular formula is C14H19NO5S2. The highest BCUT2D eigenvalue weighted by Crippen LogP contribution is 2.37. The Bertz CT molecular complexity index is 751. The van der Waals surface area contributed by atoms with E-state index >= 15 is 0 Å². The van der Waals surface area contributed by atoms with E-state index in [0.29, 0.717) is 12.2 Å².